The first-order chi connectivity index (χ1) is 16.1. The summed E-state index contributed by atoms with van der Waals surface area (Å²) in [6.07, 6.45) is 2.39. The van der Waals surface area contributed by atoms with E-state index >= 15 is 0 Å². The van der Waals surface area contributed by atoms with Crippen molar-refractivity contribution >= 4 is 17.7 Å². The molecule has 10 nitrogen and oxygen atoms in total. The normalized spacial score (nSPS) is 20.7. The summed E-state index contributed by atoms with van der Waals surface area (Å²) in [6.45, 7) is 2.45. The number of likely N-dealkylation sites (N-methyl/N-ethyl adjacent to an activating group) is 1. The van der Waals surface area contributed by atoms with E-state index in [2.05, 4.69) is 15.6 Å². The molecule has 2 aliphatic heterocycles. The number of aromatic nitrogens is 2. The molecule has 0 unspecified atom stereocenters. The Bertz CT molecular complexity index is 1210. The van der Waals surface area contributed by atoms with Crippen LogP contribution >= 0.6 is 0 Å². The van der Waals surface area contributed by atoms with Crippen molar-refractivity contribution in [2.45, 2.75) is 51.2 Å². The van der Waals surface area contributed by atoms with Crippen LogP contribution in [0.25, 0.3) is 0 Å². The van der Waals surface area contributed by atoms with Crippen LogP contribution in [0.15, 0.2) is 29.1 Å². The molecule has 1 aliphatic carbocycles. The maximum atomic E-state index is 13.1. The van der Waals surface area contributed by atoms with E-state index in [-0.39, 0.29) is 24.0 Å². The first kappa shape index (κ1) is 23.5. The van der Waals surface area contributed by atoms with Crippen molar-refractivity contribution in [1.29, 1.82) is 0 Å². The molecule has 5 rings (SSSR count). The second-order valence-electron chi connectivity index (χ2n) is 9.34. The summed E-state index contributed by atoms with van der Waals surface area (Å²) in [6, 6.07) is 7.55. The Morgan fingerprint density at radius 3 is 2.53 bits per heavy atom. The number of rotatable bonds is 4. The van der Waals surface area contributed by atoms with Crippen molar-refractivity contribution < 1.29 is 19.5 Å². The Hall–Kier alpha value is -3.69. The van der Waals surface area contributed by atoms with Gasteiger partial charge in [-0.3, -0.25) is 23.7 Å². The average Bonchev–Trinajstić information content (AvgIpc) is 3.06. The zero-order valence-corrected chi connectivity index (χ0v) is 19.6. The average molecular weight is 468 g/mol. The largest absolute Gasteiger partial charge is 0.501 e. The first-order valence-corrected chi connectivity index (χ1v) is 11.3. The molecule has 0 atom stereocenters. The van der Waals surface area contributed by atoms with Crippen LogP contribution in [-0.4, -0.2) is 51.4 Å². The fourth-order valence-corrected chi connectivity index (χ4v) is 4.79. The molecule has 3 N–H and O–H groups in total. The molecule has 180 valence electrons. The van der Waals surface area contributed by atoms with Crippen molar-refractivity contribution in [3.8, 4) is 5.75 Å². The van der Waals surface area contributed by atoms with Crippen LogP contribution in [0.1, 0.15) is 53.1 Å². The summed E-state index contributed by atoms with van der Waals surface area (Å²) in [5.74, 6) is -2.55. The van der Waals surface area contributed by atoms with Gasteiger partial charge in [0.05, 0.1) is 5.54 Å². The Morgan fingerprint density at radius 2 is 1.88 bits per heavy atom. The summed E-state index contributed by atoms with van der Waals surface area (Å²) in [4.78, 5) is 56.6. The van der Waals surface area contributed by atoms with E-state index in [0.29, 0.717) is 19.4 Å². The number of carbonyl (C=O) groups excluding carboxylic acids is 3. The monoisotopic (exact) mass is 467 g/mol. The molecule has 0 saturated heterocycles. The Morgan fingerprint density at radius 1 is 1.21 bits per heavy atom. The van der Waals surface area contributed by atoms with E-state index in [0.717, 1.165) is 24.0 Å². The molecule has 1 saturated carbocycles. The maximum absolute atomic E-state index is 13.1. The van der Waals surface area contributed by atoms with Gasteiger partial charge in [0, 0.05) is 27.2 Å². The number of hydrogen-bond donors (Lipinski definition) is 3. The highest BCUT2D eigenvalue weighted by Gasteiger charge is 2.46. The van der Waals surface area contributed by atoms with Crippen LogP contribution in [-0.2, 0) is 28.2 Å². The quantitative estimate of drug-likeness (QED) is 0.570. The van der Waals surface area contributed by atoms with Crippen LogP contribution in [0.3, 0.4) is 0 Å². The van der Waals surface area contributed by atoms with E-state index in [4.69, 9.17) is 0 Å². The lowest BCUT2D eigenvalue weighted by Gasteiger charge is -2.37. The second-order valence-corrected chi connectivity index (χ2v) is 9.34. The molecule has 1 aromatic heterocycles. The molecule has 1 fully saturated rings. The highest BCUT2D eigenvalue weighted by Crippen LogP contribution is 2.42. The SMILES string of the molecule is Cc1ccccc1CNC(=O)c1nc2n(c(=O)c1O)CC1CCC2(NC(=O)C(=O)N(C)C)CC1. The van der Waals surface area contributed by atoms with Crippen LogP contribution in [0.2, 0.25) is 0 Å². The Labute approximate surface area is 197 Å². The first-order valence-electron chi connectivity index (χ1n) is 11.3. The molecular weight excluding hydrogens is 438 g/mol. The molecule has 3 heterocycles. The molecule has 2 aromatic rings. The molecule has 34 heavy (non-hydrogen) atoms. The van der Waals surface area contributed by atoms with E-state index < -0.39 is 34.6 Å². The number of aryl methyl sites for hydroxylation is 1. The predicted octanol–water partition coefficient (Wildman–Crippen LogP) is 0.791. The van der Waals surface area contributed by atoms with Crippen molar-refractivity contribution in [3.63, 3.8) is 0 Å². The fourth-order valence-electron chi connectivity index (χ4n) is 4.79. The van der Waals surface area contributed by atoms with Crippen molar-refractivity contribution in [2.75, 3.05) is 14.1 Å². The van der Waals surface area contributed by atoms with Crippen LogP contribution in [0.5, 0.6) is 5.75 Å². The Kier molecular flexibility index (Phi) is 6.16. The van der Waals surface area contributed by atoms with Gasteiger partial charge in [0.15, 0.2) is 5.69 Å². The third-order valence-electron chi connectivity index (χ3n) is 6.84. The van der Waals surface area contributed by atoms with Crippen LogP contribution in [0, 0.1) is 12.8 Å². The predicted molar refractivity (Wildman–Crippen MR) is 123 cm³/mol. The van der Waals surface area contributed by atoms with E-state index in [1.54, 1.807) is 0 Å². The molecule has 2 bridgehead atoms. The molecule has 3 aliphatic rings. The van der Waals surface area contributed by atoms with E-state index in [1.165, 1.54) is 23.6 Å². The third kappa shape index (κ3) is 4.15. The van der Waals surface area contributed by atoms with Gasteiger partial charge in [0.2, 0.25) is 5.75 Å². The smallest absolute Gasteiger partial charge is 0.311 e. The minimum atomic E-state index is -1.08. The molecule has 1 aromatic carbocycles. The maximum Gasteiger partial charge on any atom is 0.311 e. The number of nitrogens with one attached hydrogen (secondary N) is 2. The van der Waals surface area contributed by atoms with Crippen molar-refractivity contribution in [3.05, 3.63) is 57.3 Å². The number of fused-ring (bicyclic) bond motifs is 2. The lowest BCUT2D eigenvalue weighted by atomic mass is 9.77. The van der Waals surface area contributed by atoms with E-state index in [9.17, 15) is 24.3 Å². The fraction of sp³-hybridized carbons (Fsp3) is 0.458. The highest BCUT2D eigenvalue weighted by molar-refractivity contribution is 6.35. The zero-order valence-electron chi connectivity index (χ0n) is 19.6. The van der Waals surface area contributed by atoms with Gasteiger partial charge in [-0.05, 0) is 49.7 Å². The second kappa shape index (κ2) is 8.92. The summed E-state index contributed by atoms with van der Waals surface area (Å²) in [5, 5.41) is 16.1. The lowest BCUT2D eigenvalue weighted by Crippen LogP contribution is -2.53. The van der Waals surface area contributed by atoms with Crippen molar-refractivity contribution in [2.24, 2.45) is 5.92 Å². The number of amides is 3. The number of aromatic hydroxyl groups is 1. The number of nitrogens with zero attached hydrogens (tertiary/aromatic N) is 3. The van der Waals surface area contributed by atoms with E-state index in [1.807, 2.05) is 31.2 Å². The minimum Gasteiger partial charge on any atom is -0.501 e. The molecule has 3 amide bonds. The molecule has 0 spiro atoms. The van der Waals surface area contributed by atoms with Gasteiger partial charge in [0.25, 0.3) is 11.5 Å². The number of carbonyl (C=O) groups is 3. The molecular formula is C24H29N5O5. The van der Waals surface area contributed by atoms with Gasteiger partial charge in [-0.1, -0.05) is 24.3 Å². The van der Waals surface area contributed by atoms with Gasteiger partial charge >= 0.3 is 11.8 Å². The number of benzene rings is 1. The number of hydrogen-bond acceptors (Lipinski definition) is 6. The van der Waals surface area contributed by atoms with Crippen LogP contribution < -0.4 is 16.2 Å². The topological polar surface area (TPSA) is 134 Å². The third-order valence-corrected chi connectivity index (χ3v) is 6.84. The molecule has 10 heteroatoms. The summed E-state index contributed by atoms with van der Waals surface area (Å²) in [5.41, 5.74) is -0.300. The van der Waals surface area contributed by atoms with Gasteiger partial charge in [-0.25, -0.2) is 4.98 Å². The zero-order chi connectivity index (χ0) is 24.6. The minimum absolute atomic E-state index is 0.176. The lowest BCUT2D eigenvalue weighted by molar-refractivity contribution is -0.145. The van der Waals surface area contributed by atoms with Gasteiger partial charge in [0.1, 0.15) is 5.82 Å². The van der Waals surface area contributed by atoms with Gasteiger partial charge < -0.3 is 20.6 Å². The van der Waals surface area contributed by atoms with Gasteiger partial charge in [-0.15, -0.1) is 0 Å². The summed E-state index contributed by atoms with van der Waals surface area (Å²) in [7, 11) is 2.96. The van der Waals surface area contributed by atoms with Gasteiger partial charge in [-0.2, -0.15) is 0 Å². The standard InChI is InChI=1S/C24H29N5O5/c1-14-6-4-5-7-16(14)12-25-19(31)17-18(30)21(33)29-13-15-8-10-24(11-9-15,23(29)26-17)27-20(32)22(34)28(2)3/h4-7,15,30H,8-13H2,1-3H3,(H,25,31)(H,27,32). The Balaban J connectivity index is 1.72. The summed E-state index contributed by atoms with van der Waals surface area (Å²) < 4.78 is 1.35. The summed E-state index contributed by atoms with van der Waals surface area (Å²) >= 11 is 0. The van der Waals surface area contributed by atoms with Crippen molar-refractivity contribution in [1.82, 2.24) is 25.1 Å². The van der Waals surface area contributed by atoms with Crippen LogP contribution in [0.4, 0.5) is 0 Å². The highest BCUT2D eigenvalue weighted by atomic mass is 16.3. The molecule has 0 radical (unpaired) electrons.